The molecule has 2 heterocycles. The molecule has 1 aliphatic heterocycles. The van der Waals surface area contributed by atoms with Crippen LogP contribution in [0.15, 0.2) is 36.7 Å². The van der Waals surface area contributed by atoms with Crippen molar-refractivity contribution in [1.82, 2.24) is 10.3 Å². The predicted molar refractivity (Wildman–Crippen MR) is 97.3 cm³/mol. The Hall–Kier alpha value is -2.01. The molecule has 5 heteroatoms. The van der Waals surface area contributed by atoms with Gasteiger partial charge in [0.05, 0.1) is 18.4 Å². The second kappa shape index (κ2) is 7.71. The maximum atomic E-state index is 12.3. The Kier molecular flexibility index (Phi) is 5.41. The summed E-state index contributed by atoms with van der Waals surface area (Å²) in [7, 11) is 0. The number of benzene rings is 1. The number of rotatable bonds is 5. The lowest BCUT2D eigenvalue weighted by atomic mass is 9.96. The Bertz CT molecular complexity index is 719. The molecule has 0 radical (unpaired) electrons. The smallest absolute Gasteiger partial charge is 0.230 e. The molecule has 1 atom stereocenters. The van der Waals surface area contributed by atoms with Crippen LogP contribution in [0.4, 0.5) is 0 Å². The summed E-state index contributed by atoms with van der Waals surface area (Å²) in [6, 6.07) is 8.24. The van der Waals surface area contributed by atoms with E-state index in [0.717, 1.165) is 29.1 Å². The fourth-order valence-corrected chi connectivity index (χ4v) is 3.80. The van der Waals surface area contributed by atoms with Crippen molar-refractivity contribution in [2.75, 3.05) is 12.4 Å². The monoisotopic (exact) mass is 342 g/mol. The standard InChI is InChI=1S/C19H22N2O2S/c1-13-9-14(2)19-16(10-13)17(5-8-23-19)21-18(22)12-24-11-15-3-6-20-7-4-15/h3-4,6-7,9-10,17H,5,8,11-12H2,1-2H3,(H,21,22)/t17-/m0/s1. The summed E-state index contributed by atoms with van der Waals surface area (Å²) in [6.45, 7) is 4.78. The molecule has 0 fully saturated rings. The lowest BCUT2D eigenvalue weighted by Crippen LogP contribution is -2.33. The van der Waals surface area contributed by atoms with Crippen molar-refractivity contribution in [1.29, 1.82) is 0 Å². The highest BCUT2D eigenvalue weighted by molar-refractivity contribution is 7.99. The van der Waals surface area contributed by atoms with Crippen LogP contribution in [0.25, 0.3) is 0 Å². The van der Waals surface area contributed by atoms with Gasteiger partial charge in [-0.25, -0.2) is 0 Å². The number of pyridine rings is 1. The molecule has 1 aliphatic rings. The van der Waals surface area contributed by atoms with Gasteiger partial charge in [-0.05, 0) is 37.1 Å². The first-order valence-corrected chi connectivity index (χ1v) is 9.29. The first kappa shape index (κ1) is 16.8. The summed E-state index contributed by atoms with van der Waals surface area (Å²) < 4.78 is 5.80. The third-order valence-corrected chi connectivity index (χ3v) is 5.07. The van der Waals surface area contributed by atoms with Crippen LogP contribution in [0, 0.1) is 13.8 Å². The zero-order chi connectivity index (χ0) is 16.9. The molecule has 0 bridgehead atoms. The van der Waals surface area contributed by atoms with Crippen LogP contribution >= 0.6 is 11.8 Å². The van der Waals surface area contributed by atoms with Gasteiger partial charge in [-0.3, -0.25) is 9.78 Å². The van der Waals surface area contributed by atoms with Crippen LogP contribution in [0.3, 0.4) is 0 Å². The molecule has 1 N–H and O–H groups in total. The quantitative estimate of drug-likeness (QED) is 0.902. The number of carbonyl (C=O) groups is 1. The second-order valence-electron chi connectivity index (χ2n) is 6.11. The Morgan fingerprint density at radius 1 is 1.33 bits per heavy atom. The normalized spacial score (nSPS) is 16.2. The molecule has 2 aromatic rings. The Labute approximate surface area is 147 Å². The van der Waals surface area contributed by atoms with E-state index in [1.165, 1.54) is 11.1 Å². The van der Waals surface area contributed by atoms with Crippen molar-refractivity contribution in [3.8, 4) is 5.75 Å². The van der Waals surface area contributed by atoms with E-state index in [1.807, 2.05) is 12.1 Å². The predicted octanol–water partition coefficient (Wildman–Crippen LogP) is 3.57. The average molecular weight is 342 g/mol. The number of carbonyl (C=O) groups excluding carboxylic acids is 1. The van der Waals surface area contributed by atoms with Crippen LogP contribution in [-0.2, 0) is 10.5 Å². The number of aromatic nitrogens is 1. The number of nitrogens with zero attached hydrogens (tertiary/aromatic N) is 1. The summed E-state index contributed by atoms with van der Waals surface area (Å²) in [5.74, 6) is 2.28. The fourth-order valence-electron chi connectivity index (χ4n) is 3.00. The summed E-state index contributed by atoms with van der Waals surface area (Å²) in [4.78, 5) is 16.3. The topological polar surface area (TPSA) is 51.2 Å². The van der Waals surface area contributed by atoms with Gasteiger partial charge in [-0.1, -0.05) is 17.7 Å². The maximum Gasteiger partial charge on any atom is 0.230 e. The number of amides is 1. The summed E-state index contributed by atoms with van der Waals surface area (Å²) in [5.41, 5.74) is 4.62. The van der Waals surface area contributed by atoms with Crippen LogP contribution in [-0.4, -0.2) is 23.3 Å². The molecule has 3 rings (SSSR count). The highest BCUT2D eigenvalue weighted by atomic mass is 32.2. The minimum Gasteiger partial charge on any atom is -0.493 e. The molecule has 126 valence electrons. The second-order valence-corrected chi connectivity index (χ2v) is 7.09. The van der Waals surface area contributed by atoms with Crippen molar-refractivity contribution < 1.29 is 9.53 Å². The maximum absolute atomic E-state index is 12.3. The van der Waals surface area contributed by atoms with Crippen LogP contribution in [0.1, 0.15) is 34.7 Å². The molecule has 1 aromatic heterocycles. The van der Waals surface area contributed by atoms with E-state index in [2.05, 4.69) is 36.3 Å². The Balaban J connectivity index is 1.58. The fraction of sp³-hybridized carbons (Fsp3) is 0.368. The molecule has 0 spiro atoms. The molecule has 24 heavy (non-hydrogen) atoms. The summed E-state index contributed by atoms with van der Waals surface area (Å²) in [6.07, 6.45) is 4.37. The zero-order valence-electron chi connectivity index (χ0n) is 14.0. The van der Waals surface area contributed by atoms with Gasteiger partial charge in [-0.2, -0.15) is 0 Å². The highest BCUT2D eigenvalue weighted by Crippen LogP contribution is 2.35. The lowest BCUT2D eigenvalue weighted by Gasteiger charge is -2.28. The van der Waals surface area contributed by atoms with Gasteiger partial charge in [0.15, 0.2) is 0 Å². The molecule has 0 saturated carbocycles. The first-order valence-electron chi connectivity index (χ1n) is 8.13. The van der Waals surface area contributed by atoms with Gasteiger partial charge >= 0.3 is 0 Å². The SMILES string of the molecule is Cc1cc(C)c2c(c1)[C@@H](NC(=O)CSCc1ccncc1)CCO2. The van der Waals surface area contributed by atoms with Crippen LogP contribution in [0.5, 0.6) is 5.75 Å². The van der Waals surface area contributed by atoms with E-state index in [0.29, 0.717) is 12.4 Å². The van der Waals surface area contributed by atoms with Crippen molar-refractivity contribution >= 4 is 17.7 Å². The first-order chi connectivity index (χ1) is 11.6. The number of aryl methyl sites for hydroxylation is 2. The van der Waals surface area contributed by atoms with E-state index >= 15 is 0 Å². The lowest BCUT2D eigenvalue weighted by molar-refractivity contribution is -0.119. The Morgan fingerprint density at radius 2 is 2.12 bits per heavy atom. The number of hydrogen-bond acceptors (Lipinski definition) is 4. The van der Waals surface area contributed by atoms with E-state index in [4.69, 9.17) is 4.74 Å². The van der Waals surface area contributed by atoms with Gasteiger partial charge < -0.3 is 10.1 Å². The molecule has 0 unspecified atom stereocenters. The molecule has 1 aromatic carbocycles. The van der Waals surface area contributed by atoms with E-state index < -0.39 is 0 Å². The molecule has 1 amide bonds. The van der Waals surface area contributed by atoms with Crippen LogP contribution < -0.4 is 10.1 Å². The number of ether oxygens (including phenoxy) is 1. The number of nitrogens with one attached hydrogen (secondary N) is 1. The van der Waals surface area contributed by atoms with Crippen molar-refractivity contribution in [2.45, 2.75) is 32.1 Å². The minimum atomic E-state index is 0.0429. The van der Waals surface area contributed by atoms with E-state index in [-0.39, 0.29) is 11.9 Å². The molecular formula is C19H22N2O2S. The van der Waals surface area contributed by atoms with Gasteiger partial charge in [0.25, 0.3) is 0 Å². The van der Waals surface area contributed by atoms with Gasteiger partial charge in [-0.15, -0.1) is 11.8 Å². The molecule has 0 saturated heterocycles. The molecular weight excluding hydrogens is 320 g/mol. The number of thioether (sulfide) groups is 1. The summed E-state index contributed by atoms with van der Waals surface area (Å²) in [5, 5.41) is 3.16. The highest BCUT2D eigenvalue weighted by Gasteiger charge is 2.24. The minimum absolute atomic E-state index is 0.0429. The van der Waals surface area contributed by atoms with Gasteiger partial charge in [0.1, 0.15) is 5.75 Å². The summed E-state index contributed by atoms with van der Waals surface area (Å²) >= 11 is 1.62. The van der Waals surface area contributed by atoms with Crippen molar-refractivity contribution in [2.24, 2.45) is 0 Å². The third kappa shape index (κ3) is 4.09. The molecule has 4 nitrogen and oxygen atoms in total. The third-order valence-electron chi connectivity index (χ3n) is 4.06. The number of fused-ring (bicyclic) bond motifs is 1. The van der Waals surface area contributed by atoms with Crippen molar-refractivity contribution in [3.05, 3.63) is 58.9 Å². The number of hydrogen-bond donors (Lipinski definition) is 1. The van der Waals surface area contributed by atoms with Crippen molar-refractivity contribution in [3.63, 3.8) is 0 Å². The van der Waals surface area contributed by atoms with Gasteiger partial charge in [0.2, 0.25) is 5.91 Å². The zero-order valence-corrected chi connectivity index (χ0v) is 14.9. The average Bonchev–Trinajstić information content (AvgIpc) is 2.56. The van der Waals surface area contributed by atoms with Gasteiger partial charge in [0, 0.05) is 30.1 Å². The molecule has 0 aliphatic carbocycles. The largest absolute Gasteiger partial charge is 0.493 e. The van der Waals surface area contributed by atoms with E-state index in [9.17, 15) is 4.79 Å². The Morgan fingerprint density at radius 3 is 2.92 bits per heavy atom. The van der Waals surface area contributed by atoms with E-state index in [1.54, 1.807) is 24.2 Å². The van der Waals surface area contributed by atoms with Crippen LogP contribution in [0.2, 0.25) is 0 Å².